The monoisotopic (exact) mass is 658 g/mol. The Morgan fingerprint density at radius 2 is 1.28 bits per heavy atom. The average Bonchev–Trinajstić information content (AvgIpc) is 3.01. The number of nitrogens with one attached hydrogen (secondary N) is 2. The van der Waals surface area contributed by atoms with Gasteiger partial charge in [-0.25, -0.2) is 13.9 Å². The summed E-state index contributed by atoms with van der Waals surface area (Å²) in [6, 6.07) is 20.9. The molecule has 0 aliphatic carbocycles. The zero-order chi connectivity index (χ0) is 33.2. The maximum atomic E-state index is 12.8. The second-order valence-electron chi connectivity index (χ2n) is 10.1. The number of aryl methyl sites for hydroxylation is 2. The lowest BCUT2D eigenvalue weighted by molar-refractivity contribution is 0.472. The first-order valence-corrected chi connectivity index (χ1v) is 16.3. The van der Waals surface area contributed by atoms with Crippen LogP contribution in [0.15, 0.2) is 120 Å². The van der Waals surface area contributed by atoms with Crippen molar-refractivity contribution < 1.29 is 26.5 Å². The quantitative estimate of drug-likeness (QED) is 0.0589. The van der Waals surface area contributed by atoms with Gasteiger partial charge in [0.05, 0.1) is 33.0 Å². The zero-order valence-corrected chi connectivity index (χ0v) is 25.9. The molecule has 0 amide bonds. The minimum Gasteiger partial charge on any atom is -0.505 e. The third-order valence-corrected chi connectivity index (χ3v) is 9.04. The first kappa shape index (κ1) is 31.8. The van der Waals surface area contributed by atoms with Crippen molar-refractivity contribution in [1.82, 2.24) is 0 Å². The zero-order valence-electron chi connectivity index (χ0n) is 24.2. The Morgan fingerprint density at radius 3 is 1.85 bits per heavy atom. The third kappa shape index (κ3) is 6.73. The molecule has 0 fully saturated rings. The summed E-state index contributed by atoms with van der Waals surface area (Å²) in [5.74, 6) is -0.675. The Labute approximate surface area is 263 Å². The van der Waals surface area contributed by atoms with Crippen LogP contribution in [-0.2, 0) is 20.1 Å². The van der Waals surface area contributed by atoms with Gasteiger partial charge in [-0.1, -0.05) is 17.7 Å². The lowest BCUT2D eigenvalue weighted by atomic mass is 10.0. The van der Waals surface area contributed by atoms with Gasteiger partial charge >= 0.3 is 0 Å². The highest BCUT2D eigenvalue weighted by Crippen LogP contribution is 2.47. The SMILES string of the molecule is Cc1ccc(N=Nc2c(C)cc3cc(S(=O)(=O)O)c(N=Nc4ccc(S(=O)(=O)Nc5ccc(N=N)cc5)cc4)c(O)c3c2N)cc1. The fourth-order valence-electron chi connectivity index (χ4n) is 4.45. The predicted octanol–water partition coefficient (Wildman–Crippen LogP) is 8.29. The fraction of sp³-hybridized carbons (Fsp3) is 0.0667. The largest absolute Gasteiger partial charge is 0.505 e. The topological polar surface area (TPSA) is 232 Å². The molecular formula is C30H26N8O6S2. The molecule has 6 N–H and O–H groups in total. The van der Waals surface area contributed by atoms with Crippen molar-refractivity contribution in [2.24, 2.45) is 25.6 Å². The van der Waals surface area contributed by atoms with Crippen LogP contribution < -0.4 is 10.5 Å². The second-order valence-corrected chi connectivity index (χ2v) is 13.2. The van der Waals surface area contributed by atoms with Crippen LogP contribution in [0.1, 0.15) is 11.1 Å². The molecule has 5 aromatic rings. The van der Waals surface area contributed by atoms with Crippen molar-refractivity contribution in [3.8, 4) is 5.75 Å². The van der Waals surface area contributed by atoms with Crippen LogP contribution in [0.2, 0.25) is 0 Å². The average molecular weight is 659 g/mol. The van der Waals surface area contributed by atoms with Gasteiger partial charge in [-0.2, -0.15) is 23.8 Å². The van der Waals surface area contributed by atoms with Gasteiger partial charge in [0.25, 0.3) is 20.1 Å². The van der Waals surface area contributed by atoms with Crippen LogP contribution in [0, 0.1) is 19.4 Å². The van der Waals surface area contributed by atoms with Gasteiger partial charge in [0, 0.05) is 5.69 Å². The number of hydrogen-bond acceptors (Lipinski definition) is 12. The summed E-state index contributed by atoms with van der Waals surface area (Å²) in [6.07, 6.45) is 0. The number of phenolic OH excluding ortho intramolecular Hbond substituents is 1. The number of anilines is 2. The number of azo groups is 2. The van der Waals surface area contributed by atoms with E-state index in [4.69, 9.17) is 11.3 Å². The molecule has 0 unspecified atom stereocenters. The lowest BCUT2D eigenvalue weighted by Crippen LogP contribution is -2.12. The van der Waals surface area contributed by atoms with Gasteiger partial charge in [0.2, 0.25) is 0 Å². The molecule has 14 nitrogen and oxygen atoms in total. The van der Waals surface area contributed by atoms with Gasteiger partial charge in [0.15, 0.2) is 5.75 Å². The fourth-order valence-corrected chi connectivity index (χ4v) is 6.16. The molecule has 0 bridgehead atoms. The molecule has 0 aromatic heterocycles. The highest BCUT2D eigenvalue weighted by Gasteiger charge is 2.25. The van der Waals surface area contributed by atoms with E-state index >= 15 is 0 Å². The van der Waals surface area contributed by atoms with E-state index < -0.39 is 36.5 Å². The molecule has 0 radical (unpaired) electrons. The molecular weight excluding hydrogens is 633 g/mol. The summed E-state index contributed by atoms with van der Waals surface area (Å²) in [6.45, 7) is 3.62. The maximum Gasteiger partial charge on any atom is 0.296 e. The summed E-state index contributed by atoms with van der Waals surface area (Å²) in [4.78, 5) is -0.829. The van der Waals surface area contributed by atoms with Gasteiger partial charge in [-0.15, -0.1) is 10.2 Å². The number of rotatable bonds is 9. The molecule has 234 valence electrons. The lowest BCUT2D eigenvalue weighted by Gasteiger charge is -2.13. The Balaban J connectivity index is 1.50. The molecule has 0 aliphatic heterocycles. The van der Waals surface area contributed by atoms with Crippen molar-refractivity contribution in [2.45, 2.75) is 23.6 Å². The number of nitrogen functional groups attached to an aromatic ring is 1. The van der Waals surface area contributed by atoms with E-state index in [0.717, 1.165) is 11.6 Å². The van der Waals surface area contributed by atoms with E-state index in [1.807, 2.05) is 19.1 Å². The smallest absolute Gasteiger partial charge is 0.296 e. The van der Waals surface area contributed by atoms with Crippen LogP contribution in [-0.4, -0.2) is 26.5 Å². The number of nitrogens with zero attached hydrogens (tertiary/aromatic N) is 5. The van der Waals surface area contributed by atoms with E-state index in [-0.39, 0.29) is 38.4 Å². The molecule has 0 atom stereocenters. The molecule has 0 aliphatic rings. The number of phenols is 1. The molecule has 0 spiro atoms. The number of sulfonamides is 1. The van der Waals surface area contributed by atoms with Gasteiger partial charge < -0.3 is 10.8 Å². The van der Waals surface area contributed by atoms with Crippen molar-refractivity contribution >= 4 is 70.7 Å². The van der Waals surface area contributed by atoms with E-state index in [9.17, 15) is 26.5 Å². The molecule has 0 saturated carbocycles. The number of hydrogen-bond donors (Lipinski definition) is 5. The summed E-state index contributed by atoms with van der Waals surface area (Å²) in [7, 11) is -8.89. The van der Waals surface area contributed by atoms with Gasteiger partial charge in [-0.3, -0.25) is 9.27 Å². The van der Waals surface area contributed by atoms with E-state index in [2.05, 4.69) is 30.3 Å². The van der Waals surface area contributed by atoms with E-state index in [0.29, 0.717) is 16.9 Å². The summed E-state index contributed by atoms with van der Waals surface area (Å²) in [5, 5.41) is 31.0. The molecule has 16 heteroatoms. The number of nitrogens with two attached hydrogens (primary N) is 1. The van der Waals surface area contributed by atoms with Crippen molar-refractivity contribution in [3.05, 3.63) is 96.1 Å². The Morgan fingerprint density at radius 1 is 0.739 bits per heavy atom. The summed E-state index contributed by atoms with van der Waals surface area (Å²) in [5.41, 5.74) is 15.9. The van der Waals surface area contributed by atoms with Crippen LogP contribution in [0.25, 0.3) is 10.8 Å². The normalized spacial score (nSPS) is 12.2. The number of fused-ring (bicyclic) bond motifs is 1. The molecule has 0 saturated heterocycles. The van der Waals surface area contributed by atoms with Crippen molar-refractivity contribution in [2.75, 3.05) is 10.5 Å². The van der Waals surface area contributed by atoms with E-state index in [1.54, 1.807) is 19.1 Å². The third-order valence-electron chi connectivity index (χ3n) is 6.78. The standard InChI is InChI=1S/C30H26N8O6S2/c1-17-3-5-21(6-4-17)34-36-28-18(2)15-19-16-25(46(42,43)44)29(30(39)26(19)27(28)31)37-35-22-11-13-24(14-12-22)45(40,41)38-23-9-7-20(33-32)8-10-23/h3-16,32,38-39H,31H2,1-2H3,(H,42,43,44). The molecule has 0 heterocycles. The Bertz CT molecular complexity index is 2260. The molecule has 5 aromatic carbocycles. The van der Waals surface area contributed by atoms with Crippen LogP contribution in [0.5, 0.6) is 5.75 Å². The minimum absolute atomic E-state index is 0.00696. The first-order valence-electron chi connectivity index (χ1n) is 13.3. The van der Waals surface area contributed by atoms with Crippen LogP contribution in [0.3, 0.4) is 0 Å². The highest BCUT2D eigenvalue weighted by atomic mass is 32.2. The molecule has 46 heavy (non-hydrogen) atoms. The first-order chi connectivity index (χ1) is 21.8. The van der Waals surface area contributed by atoms with Crippen molar-refractivity contribution in [1.29, 1.82) is 5.53 Å². The maximum absolute atomic E-state index is 12.8. The minimum atomic E-state index is -4.90. The molecule has 5 rings (SSSR count). The Kier molecular flexibility index (Phi) is 8.60. The number of benzene rings is 5. The van der Waals surface area contributed by atoms with Gasteiger partial charge in [-0.05, 0) is 97.6 Å². The summed E-state index contributed by atoms with van der Waals surface area (Å²) >= 11 is 0. The highest BCUT2D eigenvalue weighted by molar-refractivity contribution is 7.92. The Hall–Kier alpha value is -5.58. The van der Waals surface area contributed by atoms with Crippen molar-refractivity contribution in [3.63, 3.8) is 0 Å². The van der Waals surface area contributed by atoms with E-state index in [1.165, 1.54) is 54.6 Å². The van der Waals surface area contributed by atoms with Crippen LogP contribution >= 0.6 is 0 Å². The summed E-state index contributed by atoms with van der Waals surface area (Å²) < 4.78 is 62.6. The van der Waals surface area contributed by atoms with Crippen LogP contribution in [0.4, 0.5) is 39.8 Å². The number of aromatic hydroxyl groups is 1. The predicted molar refractivity (Wildman–Crippen MR) is 173 cm³/mol. The second kappa shape index (κ2) is 12.4. The van der Waals surface area contributed by atoms with Gasteiger partial charge in [0.1, 0.15) is 16.3 Å².